The van der Waals surface area contributed by atoms with Crippen LogP contribution in [0.15, 0.2) is 23.8 Å². The molecule has 204 valence electrons. The molecule has 0 aromatic rings. The van der Waals surface area contributed by atoms with Gasteiger partial charge in [0.1, 0.15) is 0 Å². The van der Waals surface area contributed by atoms with Crippen molar-refractivity contribution in [3.63, 3.8) is 0 Å². The van der Waals surface area contributed by atoms with E-state index in [1.165, 1.54) is 0 Å². The molecule has 8 atom stereocenters. The van der Waals surface area contributed by atoms with Crippen LogP contribution in [-0.4, -0.2) is 45.1 Å². The van der Waals surface area contributed by atoms with Crippen LogP contribution in [0.4, 0.5) is 0 Å². The molecule has 0 amide bonds. The average Bonchev–Trinajstić information content (AvgIpc) is 3.12. The fourth-order valence-corrected chi connectivity index (χ4v) is 10.2. The fourth-order valence-electron chi connectivity index (χ4n) is 9.50. The first-order chi connectivity index (χ1) is 17.0. The third kappa shape index (κ3) is 3.06. The number of halogens is 2. The standard InChI is InChI=1S/C30H40Cl2O5/c1-16-12-20-19-9-8-17-13-18(33)10-11-27(17,6)29(19,32)21(34)14-28(20,7)30(16,22(35)15-31)37-24(36)23-25(2,3)26(23,4)5/h10-11,13,16,19-21,23,34H,8-9,12,14-15H2,1-7H3/t16?,19-,20-,21?,27-,28-,29-,30-/m0/s1. The minimum absolute atomic E-state index is 0.0552. The largest absolute Gasteiger partial charge is 0.450 e. The van der Waals surface area contributed by atoms with Crippen molar-refractivity contribution >= 4 is 40.7 Å². The SMILES string of the molecule is CC1C[C@H]2[C@@H]3CCC4=CC(=O)C=C[C@]4(C)[C@@]3(Cl)C(O)C[C@]2(C)[C@@]1(OC(=O)C1C(C)(C)C1(C)C)C(=O)CCl. The fraction of sp³-hybridized carbons (Fsp3) is 0.767. The van der Waals surface area contributed by atoms with E-state index in [0.29, 0.717) is 19.3 Å². The number of carbonyl (C=O) groups excluding carboxylic acids is 3. The van der Waals surface area contributed by atoms with Gasteiger partial charge in [0.05, 0.1) is 22.8 Å². The van der Waals surface area contributed by atoms with E-state index in [2.05, 4.69) is 27.7 Å². The van der Waals surface area contributed by atoms with Crippen LogP contribution in [0.2, 0.25) is 0 Å². The number of fused-ring (bicyclic) bond motifs is 5. The Bertz CT molecular complexity index is 1120. The second kappa shape index (κ2) is 7.95. The third-order valence-corrected chi connectivity index (χ3v) is 13.4. The summed E-state index contributed by atoms with van der Waals surface area (Å²) in [5, 5.41) is 11.9. The summed E-state index contributed by atoms with van der Waals surface area (Å²) in [6.07, 6.45) is 6.34. The summed E-state index contributed by atoms with van der Waals surface area (Å²) in [5.74, 6) is -1.76. The number of Topliss-reactive ketones (excluding diaryl/α,β-unsaturated/α-hetero) is 1. The molecule has 0 aromatic heterocycles. The number of hydrogen-bond acceptors (Lipinski definition) is 5. The van der Waals surface area contributed by atoms with Gasteiger partial charge in [-0.25, -0.2) is 0 Å². The number of aliphatic hydroxyl groups excluding tert-OH is 1. The Morgan fingerprint density at radius 1 is 1.11 bits per heavy atom. The van der Waals surface area contributed by atoms with Crippen molar-refractivity contribution in [2.45, 2.75) is 90.7 Å². The van der Waals surface area contributed by atoms with Gasteiger partial charge in [0.25, 0.3) is 0 Å². The number of allylic oxidation sites excluding steroid dienone is 4. The molecule has 0 spiro atoms. The number of rotatable bonds is 4. The molecule has 0 heterocycles. The lowest BCUT2D eigenvalue weighted by atomic mass is 9.45. The second-order valence-corrected chi connectivity index (χ2v) is 14.9. The molecule has 0 saturated heterocycles. The van der Waals surface area contributed by atoms with E-state index in [4.69, 9.17) is 27.9 Å². The molecule has 5 aliphatic rings. The zero-order valence-corrected chi connectivity index (χ0v) is 24.5. The van der Waals surface area contributed by atoms with Crippen molar-refractivity contribution in [2.24, 2.45) is 45.3 Å². The minimum Gasteiger partial charge on any atom is -0.450 e. The highest BCUT2D eigenvalue weighted by atomic mass is 35.5. The predicted octanol–water partition coefficient (Wildman–Crippen LogP) is 5.64. The van der Waals surface area contributed by atoms with E-state index >= 15 is 0 Å². The van der Waals surface area contributed by atoms with Crippen molar-refractivity contribution in [1.82, 2.24) is 0 Å². The topological polar surface area (TPSA) is 80.7 Å². The van der Waals surface area contributed by atoms with E-state index in [1.807, 2.05) is 26.8 Å². The summed E-state index contributed by atoms with van der Waals surface area (Å²) in [6, 6.07) is 0. The van der Waals surface area contributed by atoms with Crippen LogP contribution in [0.1, 0.15) is 74.1 Å². The van der Waals surface area contributed by atoms with Gasteiger partial charge in [0, 0.05) is 16.7 Å². The Morgan fingerprint density at radius 3 is 2.30 bits per heavy atom. The number of ether oxygens (including phenoxy) is 1. The number of ketones is 2. The van der Waals surface area contributed by atoms with Crippen LogP contribution >= 0.6 is 23.2 Å². The normalized spacial score (nSPS) is 47.4. The van der Waals surface area contributed by atoms with Crippen LogP contribution in [-0.2, 0) is 19.1 Å². The van der Waals surface area contributed by atoms with Gasteiger partial charge in [0.15, 0.2) is 17.2 Å². The molecule has 5 nitrogen and oxygen atoms in total. The van der Waals surface area contributed by atoms with Gasteiger partial charge < -0.3 is 9.84 Å². The van der Waals surface area contributed by atoms with Crippen LogP contribution in [0.25, 0.3) is 0 Å². The lowest BCUT2D eigenvalue weighted by molar-refractivity contribution is -0.202. The molecule has 0 bridgehead atoms. The maximum atomic E-state index is 13.8. The van der Waals surface area contributed by atoms with Crippen molar-refractivity contribution in [2.75, 3.05) is 5.88 Å². The molecule has 4 saturated carbocycles. The quantitative estimate of drug-likeness (QED) is 0.361. The zero-order chi connectivity index (χ0) is 27.6. The van der Waals surface area contributed by atoms with E-state index in [-0.39, 0.29) is 64.3 Å². The molecule has 5 aliphatic carbocycles. The van der Waals surface area contributed by atoms with Crippen LogP contribution < -0.4 is 0 Å². The minimum atomic E-state index is -1.43. The van der Waals surface area contributed by atoms with Gasteiger partial charge in [-0.05, 0) is 60.5 Å². The number of aliphatic hydroxyl groups is 1. The Labute approximate surface area is 230 Å². The predicted molar refractivity (Wildman–Crippen MR) is 143 cm³/mol. The molecule has 2 unspecified atom stereocenters. The number of esters is 1. The lowest BCUT2D eigenvalue weighted by Gasteiger charge is -2.64. The second-order valence-electron chi connectivity index (χ2n) is 14.0. The maximum Gasteiger partial charge on any atom is 0.311 e. The molecule has 37 heavy (non-hydrogen) atoms. The van der Waals surface area contributed by atoms with Crippen molar-refractivity contribution in [3.05, 3.63) is 23.8 Å². The van der Waals surface area contributed by atoms with Gasteiger partial charge in [-0.3, -0.25) is 14.4 Å². The Morgan fingerprint density at radius 2 is 1.73 bits per heavy atom. The Hall–Kier alpha value is -1.17. The molecule has 7 heteroatoms. The highest BCUT2D eigenvalue weighted by Gasteiger charge is 2.77. The first-order valence-electron chi connectivity index (χ1n) is 13.6. The van der Waals surface area contributed by atoms with Gasteiger partial charge in [-0.2, -0.15) is 0 Å². The summed E-state index contributed by atoms with van der Waals surface area (Å²) in [4.78, 5) is 38.6. The van der Waals surface area contributed by atoms with Crippen LogP contribution in [0.3, 0.4) is 0 Å². The Kier molecular flexibility index (Phi) is 5.88. The summed E-state index contributed by atoms with van der Waals surface area (Å²) in [5.41, 5.74) is -2.46. The lowest BCUT2D eigenvalue weighted by Crippen LogP contribution is -2.69. The van der Waals surface area contributed by atoms with E-state index in [0.717, 1.165) is 5.57 Å². The van der Waals surface area contributed by atoms with E-state index in [1.54, 1.807) is 12.2 Å². The van der Waals surface area contributed by atoms with Crippen molar-refractivity contribution in [1.29, 1.82) is 0 Å². The summed E-state index contributed by atoms with van der Waals surface area (Å²) < 4.78 is 6.44. The summed E-state index contributed by atoms with van der Waals surface area (Å²) >= 11 is 13.8. The van der Waals surface area contributed by atoms with Gasteiger partial charge in [-0.15, -0.1) is 23.2 Å². The smallest absolute Gasteiger partial charge is 0.311 e. The molecule has 5 rings (SSSR count). The van der Waals surface area contributed by atoms with Crippen molar-refractivity contribution < 1.29 is 24.2 Å². The first kappa shape index (κ1) is 27.4. The summed E-state index contributed by atoms with van der Waals surface area (Å²) in [7, 11) is 0. The molecule has 1 N–H and O–H groups in total. The highest BCUT2D eigenvalue weighted by molar-refractivity contribution is 6.29. The third-order valence-electron chi connectivity index (χ3n) is 12.2. The molecule has 0 radical (unpaired) electrons. The van der Waals surface area contributed by atoms with Gasteiger partial charge >= 0.3 is 5.97 Å². The highest BCUT2D eigenvalue weighted by Crippen LogP contribution is 2.73. The van der Waals surface area contributed by atoms with Gasteiger partial charge in [0.2, 0.25) is 0 Å². The maximum absolute atomic E-state index is 13.8. The molecular weight excluding hydrogens is 511 g/mol. The van der Waals surface area contributed by atoms with Crippen molar-refractivity contribution in [3.8, 4) is 0 Å². The molecule has 4 fully saturated rings. The van der Waals surface area contributed by atoms with Gasteiger partial charge in [-0.1, -0.05) is 60.1 Å². The molecular formula is C30H40Cl2O5. The van der Waals surface area contributed by atoms with E-state index < -0.39 is 27.4 Å². The zero-order valence-electron chi connectivity index (χ0n) is 23.0. The summed E-state index contributed by atoms with van der Waals surface area (Å²) in [6.45, 7) is 14.2. The number of hydrogen-bond donors (Lipinski definition) is 1. The number of carbonyl (C=O) groups is 3. The first-order valence-corrected chi connectivity index (χ1v) is 14.5. The van der Waals surface area contributed by atoms with Crippen LogP contribution in [0, 0.1) is 45.3 Å². The molecule has 0 aromatic carbocycles. The number of alkyl halides is 2. The van der Waals surface area contributed by atoms with Crippen LogP contribution in [0.5, 0.6) is 0 Å². The average molecular weight is 552 g/mol. The molecule has 0 aliphatic heterocycles. The Balaban J connectivity index is 1.59. The van der Waals surface area contributed by atoms with E-state index in [9.17, 15) is 19.5 Å². The monoisotopic (exact) mass is 550 g/mol.